The van der Waals surface area contributed by atoms with Crippen molar-refractivity contribution in [1.29, 1.82) is 0 Å². The number of hydrogen-bond acceptors (Lipinski definition) is 2. The summed E-state index contributed by atoms with van der Waals surface area (Å²) in [5, 5.41) is 7.88. The lowest BCUT2D eigenvalue weighted by molar-refractivity contribution is 0.797. The zero-order chi connectivity index (χ0) is 17.5. The van der Waals surface area contributed by atoms with Gasteiger partial charge in [-0.05, 0) is 28.1 Å². The van der Waals surface area contributed by atoms with Gasteiger partial charge in [0, 0.05) is 35.8 Å². The first-order valence-corrected chi connectivity index (χ1v) is 8.65. The minimum absolute atomic E-state index is 1.14. The van der Waals surface area contributed by atoms with Gasteiger partial charge in [-0.25, -0.2) is 0 Å². The van der Waals surface area contributed by atoms with Crippen molar-refractivity contribution in [3.8, 4) is 22.3 Å². The van der Waals surface area contributed by atoms with Crippen molar-refractivity contribution in [2.75, 3.05) is 0 Å². The standard InChI is InChI=1S/C23H17N3/c1-26-23-12-18(10-11-20(23)14-25-26)16-6-8-17(9-7-16)22-15-24-13-19-4-2-3-5-21(19)22/h2-15H,1H3. The molecular formula is C23H17N3. The van der Waals surface area contributed by atoms with Crippen molar-refractivity contribution in [1.82, 2.24) is 14.8 Å². The monoisotopic (exact) mass is 335 g/mol. The summed E-state index contributed by atoms with van der Waals surface area (Å²) in [5.74, 6) is 0. The molecule has 3 nitrogen and oxygen atoms in total. The van der Waals surface area contributed by atoms with Gasteiger partial charge >= 0.3 is 0 Å². The lowest BCUT2D eigenvalue weighted by Gasteiger charge is -2.08. The van der Waals surface area contributed by atoms with Crippen LogP contribution in [-0.4, -0.2) is 14.8 Å². The molecule has 2 heterocycles. The van der Waals surface area contributed by atoms with E-state index in [-0.39, 0.29) is 0 Å². The first-order chi connectivity index (χ1) is 12.8. The van der Waals surface area contributed by atoms with E-state index in [4.69, 9.17) is 0 Å². The molecule has 0 fully saturated rings. The SMILES string of the molecule is Cn1ncc2ccc(-c3ccc(-c4cncc5ccccc45)cc3)cc21. The van der Waals surface area contributed by atoms with Gasteiger partial charge in [0.05, 0.1) is 11.7 Å². The highest BCUT2D eigenvalue weighted by molar-refractivity contribution is 5.96. The molecule has 0 saturated heterocycles. The second kappa shape index (κ2) is 5.81. The molecule has 0 atom stereocenters. The minimum atomic E-state index is 1.14. The third kappa shape index (κ3) is 2.37. The number of rotatable bonds is 2. The van der Waals surface area contributed by atoms with Crippen molar-refractivity contribution < 1.29 is 0 Å². The van der Waals surface area contributed by atoms with E-state index in [0.29, 0.717) is 0 Å². The Morgan fingerprint density at radius 2 is 1.46 bits per heavy atom. The van der Waals surface area contributed by atoms with Crippen molar-refractivity contribution in [2.45, 2.75) is 0 Å². The van der Waals surface area contributed by atoms with E-state index in [0.717, 1.165) is 21.9 Å². The van der Waals surface area contributed by atoms with Crippen molar-refractivity contribution in [3.05, 3.63) is 85.3 Å². The quantitative estimate of drug-likeness (QED) is 0.429. The Bertz CT molecular complexity index is 1230. The van der Waals surface area contributed by atoms with E-state index >= 15 is 0 Å². The maximum Gasteiger partial charge on any atom is 0.0685 e. The summed E-state index contributed by atoms with van der Waals surface area (Å²) in [6.07, 6.45) is 5.76. The molecule has 124 valence electrons. The molecule has 3 heteroatoms. The Morgan fingerprint density at radius 3 is 2.35 bits per heavy atom. The highest BCUT2D eigenvalue weighted by Crippen LogP contribution is 2.30. The normalized spacial score (nSPS) is 11.3. The predicted octanol–water partition coefficient (Wildman–Crippen LogP) is 5.46. The maximum atomic E-state index is 4.40. The van der Waals surface area contributed by atoms with Crippen LogP contribution in [0.1, 0.15) is 0 Å². The second-order valence-electron chi connectivity index (χ2n) is 6.53. The van der Waals surface area contributed by atoms with Crippen LogP contribution in [0.5, 0.6) is 0 Å². The molecule has 2 aromatic heterocycles. The Morgan fingerprint density at radius 1 is 0.692 bits per heavy atom. The molecule has 0 radical (unpaired) electrons. The van der Waals surface area contributed by atoms with Gasteiger partial charge in [0.25, 0.3) is 0 Å². The zero-order valence-electron chi connectivity index (χ0n) is 14.4. The molecule has 0 unspecified atom stereocenters. The van der Waals surface area contributed by atoms with Crippen molar-refractivity contribution >= 4 is 21.7 Å². The average molecular weight is 335 g/mol. The van der Waals surface area contributed by atoms with Gasteiger partial charge in [0.15, 0.2) is 0 Å². The minimum Gasteiger partial charge on any atom is -0.268 e. The Kier molecular flexibility index (Phi) is 3.32. The highest BCUT2D eigenvalue weighted by atomic mass is 15.2. The zero-order valence-corrected chi connectivity index (χ0v) is 14.4. The predicted molar refractivity (Wildman–Crippen MR) is 107 cm³/mol. The number of nitrogens with zero attached hydrogens (tertiary/aromatic N) is 3. The molecule has 5 aromatic rings. The van der Waals surface area contributed by atoms with E-state index in [9.17, 15) is 0 Å². The molecule has 0 N–H and O–H groups in total. The summed E-state index contributed by atoms with van der Waals surface area (Å²) >= 11 is 0. The topological polar surface area (TPSA) is 30.7 Å². The van der Waals surface area contributed by atoms with Gasteiger partial charge in [0.2, 0.25) is 0 Å². The molecule has 0 amide bonds. The number of aryl methyl sites for hydroxylation is 1. The van der Waals surface area contributed by atoms with Crippen LogP contribution in [0.3, 0.4) is 0 Å². The summed E-state index contributed by atoms with van der Waals surface area (Å²) < 4.78 is 1.91. The lowest BCUT2D eigenvalue weighted by Crippen LogP contribution is -1.89. The highest BCUT2D eigenvalue weighted by Gasteiger charge is 2.06. The largest absolute Gasteiger partial charge is 0.268 e. The van der Waals surface area contributed by atoms with Crippen LogP contribution in [0, 0.1) is 0 Å². The third-order valence-corrected chi connectivity index (χ3v) is 4.95. The van der Waals surface area contributed by atoms with E-state index in [1.165, 1.54) is 22.1 Å². The van der Waals surface area contributed by atoms with Crippen LogP contribution < -0.4 is 0 Å². The Balaban J connectivity index is 1.58. The number of aromatic nitrogens is 3. The van der Waals surface area contributed by atoms with Gasteiger partial charge < -0.3 is 0 Å². The van der Waals surface area contributed by atoms with Gasteiger partial charge in [-0.15, -0.1) is 0 Å². The number of benzene rings is 3. The first-order valence-electron chi connectivity index (χ1n) is 8.65. The van der Waals surface area contributed by atoms with E-state index in [1.54, 1.807) is 0 Å². The number of pyridine rings is 1. The Labute approximate surface area is 151 Å². The summed E-state index contributed by atoms with van der Waals surface area (Å²) in [7, 11) is 1.97. The molecule has 0 aliphatic rings. The van der Waals surface area contributed by atoms with E-state index in [1.807, 2.05) is 36.4 Å². The molecule has 0 bridgehead atoms. The van der Waals surface area contributed by atoms with E-state index in [2.05, 4.69) is 70.7 Å². The van der Waals surface area contributed by atoms with Crippen LogP contribution in [0.4, 0.5) is 0 Å². The molecule has 26 heavy (non-hydrogen) atoms. The van der Waals surface area contributed by atoms with Crippen LogP contribution >= 0.6 is 0 Å². The molecule has 0 aliphatic carbocycles. The molecule has 3 aromatic carbocycles. The van der Waals surface area contributed by atoms with Crippen LogP contribution in [-0.2, 0) is 7.05 Å². The fourth-order valence-electron chi connectivity index (χ4n) is 3.51. The summed E-state index contributed by atoms with van der Waals surface area (Å²) in [5.41, 5.74) is 5.88. The van der Waals surface area contributed by atoms with Crippen LogP contribution in [0.25, 0.3) is 43.9 Å². The molecular weight excluding hydrogens is 318 g/mol. The molecule has 0 aliphatic heterocycles. The van der Waals surface area contributed by atoms with Gasteiger partial charge in [-0.1, -0.05) is 60.7 Å². The summed E-state index contributed by atoms with van der Waals surface area (Å²) in [6.45, 7) is 0. The molecule has 0 saturated carbocycles. The number of hydrogen-bond donors (Lipinski definition) is 0. The molecule has 0 spiro atoms. The fourth-order valence-corrected chi connectivity index (χ4v) is 3.51. The van der Waals surface area contributed by atoms with Gasteiger partial charge in [0.1, 0.15) is 0 Å². The fraction of sp³-hybridized carbons (Fsp3) is 0.0435. The first kappa shape index (κ1) is 14.8. The van der Waals surface area contributed by atoms with Crippen LogP contribution in [0.15, 0.2) is 85.3 Å². The number of fused-ring (bicyclic) bond motifs is 2. The van der Waals surface area contributed by atoms with E-state index < -0.39 is 0 Å². The van der Waals surface area contributed by atoms with Crippen molar-refractivity contribution in [3.63, 3.8) is 0 Å². The van der Waals surface area contributed by atoms with Crippen molar-refractivity contribution in [2.24, 2.45) is 7.05 Å². The summed E-state index contributed by atoms with van der Waals surface area (Å²) in [6, 6.07) is 23.5. The van der Waals surface area contributed by atoms with Gasteiger partial charge in [-0.2, -0.15) is 5.10 Å². The smallest absolute Gasteiger partial charge is 0.0685 e. The Hall–Kier alpha value is -3.46. The van der Waals surface area contributed by atoms with Crippen LogP contribution in [0.2, 0.25) is 0 Å². The second-order valence-corrected chi connectivity index (χ2v) is 6.53. The summed E-state index contributed by atoms with van der Waals surface area (Å²) in [4.78, 5) is 4.40. The third-order valence-electron chi connectivity index (χ3n) is 4.95. The molecule has 5 rings (SSSR count). The average Bonchev–Trinajstić information content (AvgIpc) is 3.08. The maximum absolute atomic E-state index is 4.40. The van der Waals surface area contributed by atoms with Gasteiger partial charge in [-0.3, -0.25) is 9.67 Å². The lowest BCUT2D eigenvalue weighted by atomic mass is 9.98.